The fraction of sp³-hybridized carbons (Fsp3) is 0.333. The molecule has 2 aromatic heterocycles. The largest absolute Gasteiger partial charge is 0.490 e. The molecule has 1 saturated carbocycles. The Labute approximate surface area is 153 Å². The minimum atomic E-state index is -0.0720. The summed E-state index contributed by atoms with van der Waals surface area (Å²) in [6, 6.07) is 14.0. The highest BCUT2D eigenvalue weighted by molar-refractivity contribution is 6.00. The van der Waals surface area contributed by atoms with Gasteiger partial charge in [0.2, 0.25) is 0 Å². The molecule has 4 rings (SSSR count). The van der Waals surface area contributed by atoms with Crippen molar-refractivity contribution in [2.75, 3.05) is 0 Å². The number of hydrogen-bond donors (Lipinski definition) is 1. The van der Waals surface area contributed by atoms with Gasteiger partial charge in [-0.25, -0.2) is 4.52 Å². The Balaban J connectivity index is 1.35. The van der Waals surface area contributed by atoms with Crippen LogP contribution >= 0.6 is 0 Å². The fourth-order valence-electron chi connectivity index (χ4n) is 3.40. The normalized spacial score (nSPS) is 19.3. The average molecular weight is 349 g/mol. The first-order valence-electron chi connectivity index (χ1n) is 9.10. The van der Waals surface area contributed by atoms with Crippen molar-refractivity contribution in [3.63, 3.8) is 0 Å². The Kier molecular flexibility index (Phi) is 4.37. The molecule has 1 fully saturated rings. The summed E-state index contributed by atoms with van der Waals surface area (Å²) in [7, 11) is 0. The first kappa shape index (κ1) is 16.6. The van der Waals surface area contributed by atoms with Crippen molar-refractivity contribution < 1.29 is 9.53 Å². The quantitative estimate of drug-likeness (QED) is 0.762. The number of para-hydroxylation sites is 1. The van der Waals surface area contributed by atoms with E-state index in [2.05, 4.69) is 30.3 Å². The number of rotatable bonds is 5. The lowest BCUT2D eigenvalue weighted by molar-refractivity contribution is 0.0696. The molecule has 1 amide bonds. The molecule has 1 N–H and O–H groups in total. The number of amides is 1. The third-order valence-electron chi connectivity index (χ3n) is 4.94. The van der Waals surface area contributed by atoms with E-state index in [1.807, 2.05) is 42.6 Å². The molecule has 1 aliphatic rings. The third kappa shape index (κ3) is 3.17. The van der Waals surface area contributed by atoms with E-state index >= 15 is 0 Å². The van der Waals surface area contributed by atoms with Gasteiger partial charge in [0.25, 0.3) is 5.91 Å². The smallest absolute Gasteiger partial charge is 0.255 e. The molecular formula is C21H23N3O2. The number of hydrogen-bond acceptors (Lipinski definition) is 3. The number of nitrogens with one attached hydrogen (secondary N) is 1. The predicted molar refractivity (Wildman–Crippen MR) is 101 cm³/mol. The molecule has 0 unspecified atom stereocenters. The van der Waals surface area contributed by atoms with Crippen LogP contribution in [0.3, 0.4) is 0 Å². The van der Waals surface area contributed by atoms with E-state index < -0.39 is 0 Å². The summed E-state index contributed by atoms with van der Waals surface area (Å²) in [4.78, 5) is 12.5. The lowest BCUT2D eigenvalue weighted by atomic mass is 9.88. The van der Waals surface area contributed by atoms with Crippen molar-refractivity contribution >= 4 is 11.4 Å². The van der Waals surface area contributed by atoms with Crippen LogP contribution in [0.25, 0.3) is 5.52 Å². The summed E-state index contributed by atoms with van der Waals surface area (Å²) in [6.45, 7) is 4.34. The van der Waals surface area contributed by atoms with E-state index in [-0.39, 0.29) is 18.1 Å². The van der Waals surface area contributed by atoms with Gasteiger partial charge in [-0.1, -0.05) is 38.1 Å². The molecule has 1 aliphatic carbocycles. The van der Waals surface area contributed by atoms with Gasteiger partial charge >= 0.3 is 0 Å². The molecule has 0 aliphatic heterocycles. The molecule has 26 heavy (non-hydrogen) atoms. The van der Waals surface area contributed by atoms with Crippen LogP contribution in [0.5, 0.6) is 5.75 Å². The van der Waals surface area contributed by atoms with E-state index in [1.54, 1.807) is 10.7 Å². The number of aromatic nitrogens is 2. The van der Waals surface area contributed by atoms with Crippen LogP contribution in [0.2, 0.25) is 0 Å². The number of nitrogens with zero attached hydrogens (tertiary/aromatic N) is 2. The average Bonchev–Trinajstić information content (AvgIpc) is 3.04. The second-order valence-corrected chi connectivity index (χ2v) is 7.16. The first-order valence-corrected chi connectivity index (χ1v) is 9.10. The first-order chi connectivity index (χ1) is 12.6. The van der Waals surface area contributed by atoms with Crippen LogP contribution in [-0.2, 0) is 0 Å². The predicted octanol–water partition coefficient (Wildman–Crippen LogP) is 3.80. The maximum atomic E-state index is 12.5. The molecule has 1 aromatic carbocycles. The number of carbonyl (C=O) groups is 1. The Morgan fingerprint density at radius 3 is 2.77 bits per heavy atom. The summed E-state index contributed by atoms with van der Waals surface area (Å²) in [5.41, 5.74) is 2.66. The summed E-state index contributed by atoms with van der Waals surface area (Å²) < 4.78 is 7.86. The molecule has 134 valence electrons. The lowest BCUT2D eigenvalue weighted by Gasteiger charge is -2.36. The van der Waals surface area contributed by atoms with Gasteiger partial charge in [-0.3, -0.25) is 4.79 Å². The zero-order valence-electron chi connectivity index (χ0n) is 15.1. The standard InChI is InChI=1S/C21H23N3O2/c1-14(2)17-7-3-4-9-20(17)26-16-11-15(12-16)23-21(25)18-13-22-24-10-6-5-8-19(18)24/h3-10,13-16H,11-12H2,1-2H3,(H,23,25)/t15-,16-. The molecular weight excluding hydrogens is 326 g/mol. The topological polar surface area (TPSA) is 55.6 Å². The highest BCUT2D eigenvalue weighted by Crippen LogP contribution is 2.31. The van der Waals surface area contributed by atoms with E-state index in [4.69, 9.17) is 4.74 Å². The van der Waals surface area contributed by atoms with E-state index in [1.165, 1.54) is 5.56 Å². The Hall–Kier alpha value is -2.82. The van der Waals surface area contributed by atoms with Crippen LogP contribution < -0.4 is 10.1 Å². The van der Waals surface area contributed by atoms with E-state index in [0.717, 1.165) is 24.1 Å². The van der Waals surface area contributed by atoms with Crippen molar-refractivity contribution in [1.29, 1.82) is 0 Å². The third-order valence-corrected chi connectivity index (χ3v) is 4.94. The molecule has 0 radical (unpaired) electrons. The second kappa shape index (κ2) is 6.83. The molecule has 0 saturated heterocycles. The Bertz CT molecular complexity index is 926. The van der Waals surface area contributed by atoms with Gasteiger partial charge in [-0.05, 0) is 29.7 Å². The zero-order chi connectivity index (χ0) is 18.1. The molecule has 3 aromatic rings. The zero-order valence-corrected chi connectivity index (χ0v) is 15.1. The fourth-order valence-corrected chi connectivity index (χ4v) is 3.40. The van der Waals surface area contributed by atoms with E-state index in [9.17, 15) is 4.79 Å². The van der Waals surface area contributed by atoms with Crippen molar-refractivity contribution in [3.8, 4) is 5.75 Å². The van der Waals surface area contributed by atoms with Gasteiger partial charge < -0.3 is 10.1 Å². The maximum absolute atomic E-state index is 12.5. The van der Waals surface area contributed by atoms with Crippen molar-refractivity contribution in [1.82, 2.24) is 14.9 Å². The minimum Gasteiger partial charge on any atom is -0.490 e. The summed E-state index contributed by atoms with van der Waals surface area (Å²) in [5.74, 6) is 1.31. The Morgan fingerprint density at radius 1 is 1.19 bits per heavy atom. The highest BCUT2D eigenvalue weighted by atomic mass is 16.5. The van der Waals surface area contributed by atoms with Gasteiger partial charge in [-0.15, -0.1) is 0 Å². The van der Waals surface area contributed by atoms with Crippen molar-refractivity contribution in [3.05, 3.63) is 66.0 Å². The van der Waals surface area contributed by atoms with Gasteiger partial charge in [0.1, 0.15) is 11.9 Å². The van der Waals surface area contributed by atoms with Crippen LogP contribution in [0.1, 0.15) is 48.5 Å². The number of fused-ring (bicyclic) bond motifs is 1. The van der Waals surface area contributed by atoms with Crippen LogP contribution in [0.4, 0.5) is 0 Å². The number of ether oxygens (including phenoxy) is 1. The molecule has 2 heterocycles. The van der Waals surface area contributed by atoms with Crippen LogP contribution in [0, 0.1) is 0 Å². The van der Waals surface area contributed by atoms with Crippen LogP contribution in [0.15, 0.2) is 54.9 Å². The van der Waals surface area contributed by atoms with Crippen molar-refractivity contribution in [2.45, 2.75) is 44.8 Å². The summed E-state index contributed by atoms with van der Waals surface area (Å²) in [6.07, 6.45) is 5.28. The monoisotopic (exact) mass is 349 g/mol. The van der Waals surface area contributed by atoms with Gasteiger partial charge in [0.15, 0.2) is 0 Å². The van der Waals surface area contributed by atoms with Gasteiger partial charge in [0.05, 0.1) is 17.3 Å². The summed E-state index contributed by atoms with van der Waals surface area (Å²) in [5, 5.41) is 7.31. The van der Waals surface area contributed by atoms with Gasteiger partial charge in [-0.2, -0.15) is 5.10 Å². The molecule has 0 spiro atoms. The van der Waals surface area contributed by atoms with Crippen LogP contribution in [-0.4, -0.2) is 27.7 Å². The number of benzene rings is 1. The molecule has 5 nitrogen and oxygen atoms in total. The number of pyridine rings is 1. The summed E-state index contributed by atoms with van der Waals surface area (Å²) >= 11 is 0. The SMILES string of the molecule is CC(C)c1ccccc1O[C@H]1C[C@H](NC(=O)c2cnn3ccccc23)C1. The van der Waals surface area contributed by atoms with Gasteiger partial charge in [0, 0.05) is 25.1 Å². The molecule has 5 heteroatoms. The number of carbonyl (C=O) groups excluding carboxylic acids is 1. The minimum absolute atomic E-state index is 0.0720. The van der Waals surface area contributed by atoms with Crippen molar-refractivity contribution in [2.24, 2.45) is 0 Å². The highest BCUT2D eigenvalue weighted by Gasteiger charge is 2.33. The molecule has 0 atom stereocenters. The van der Waals surface area contributed by atoms with E-state index in [0.29, 0.717) is 11.5 Å². The molecule has 0 bridgehead atoms. The maximum Gasteiger partial charge on any atom is 0.255 e. The second-order valence-electron chi connectivity index (χ2n) is 7.16. The Morgan fingerprint density at radius 2 is 1.96 bits per heavy atom. The lowest BCUT2D eigenvalue weighted by Crippen LogP contribution is -2.49.